The normalized spacial score (nSPS) is 29.3. The van der Waals surface area contributed by atoms with Gasteiger partial charge < -0.3 is 9.47 Å². The molecule has 3 heteroatoms. The number of rotatable bonds is 3. The molecule has 1 heterocycles. The van der Waals surface area contributed by atoms with Crippen LogP contribution in [0, 0.1) is 5.92 Å². The molecule has 1 atom stereocenters. The largest absolute Gasteiger partial charge is 0.381 e. The third kappa shape index (κ3) is 3.58. The van der Waals surface area contributed by atoms with Gasteiger partial charge in [0, 0.05) is 32.7 Å². The monoisotopic (exact) mass is 212 g/mol. The number of ether oxygens (including phenoxy) is 2. The van der Waals surface area contributed by atoms with Crippen molar-refractivity contribution in [1.29, 1.82) is 0 Å². The Hall–Kier alpha value is -0.410. The Morgan fingerprint density at radius 3 is 2.80 bits per heavy atom. The van der Waals surface area contributed by atoms with Crippen LogP contribution in [0.25, 0.3) is 0 Å². The van der Waals surface area contributed by atoms with Gasteiger partial charge in [-0.2, -0.15) is 0 Å². The molecule has 2 fully saturated rings. The van der Waals surface area contributed by atoms with Crippen LogP contribution in [0.2, 0.25) is 0 Å². The minimum atomic E-state index is 0.203. The van der Waals surface area contributed by atoms with Gasteiger partial charge in [-0.1, -0.05) is 0 Å². The first-order chi connectivity index (χ1) is 7.34. The number of hydrogen-bond donors (Lipinski definition) is 0. The van der Waals surface area contributed by atoms with Gasteiger partial charge in [0.25, 0.3) is 0 Å². The van der Waals surface area contributed by atoms with Gasteiger partial charge in [0.05, 0.1) is 6.10 Å². The third-order valence-electron chi connectivity index (χ3n) is 3.35. The summed E-state index contributed by atoms with van der Waals surface area (Å²) in [5.74, 6) is 1.02. The molecule has 1 saturated heterocycles. The van der Waals surface area contributed by atoms with E-state index in [1.807, 2.05) is 0 Å². The van der Waals surface area contributed by atoms with Gasteiger partial charge in [0.15, 0.2) is 0 Å². The summed E-state index contributed by atoms with van der Waals surface area (Å²) in [5, 5.41) is 0. The Morgan fingerprint density at radius 1 is 1.27 bits per heavy atom. The number of carbonyl (C=O) groups is 1. The Bertz CT molecular complexity index is 209. The van der Waals surface area contributed by atoms with Crippen LogP contribution >= 0.6 is 0 Å². The topological polar surface area (TPSA) is 35.5 Å². The summed E-state index contributed by atoms with van der Waals surface area (Å²) in [6.07, 6.45) is 5.91. The lowest BCUT2D eigenvalue weighted by Gasteiger charge is -2.26. The first-order valence-corrected chi connectivity index (χ1v) is 6.05. The van der Waals surface area contributed by atoms with Gasteiger partial charge in [0.1, 0.15) is 5.78 Å². The van der Waals surface area contributed by atoms with Crippen LogP contribution in [0.15, 0.2) is 0 Å². The van der Waals surface area contributed by atoms with Crippen LogP contribution < -0.4 is 0 Å². The Balaban J connectivity index is 1.65. The molecule has 1 saturated carbocycles. The van der Waals surface area contributed by atoms with E-state index in [0.717, 1.165) is 51.9 Å². The van der Waals surface area contributed by atoms with Gasteiger partial charge in [-0.3, -0.25) is 4.79 Å². The molecule has 1 aliphatic carbocycles. The van der Waals surface area contributed by atoms with Crippen LogP contribution in [-0.4, -0.2) is 31.7 Å². The second kappa shape index (κ2) is 5.61. The lowest BCUT2D eigenvalue weighted by molar-refractivity contribution is -0.125. The zero-order chi connectivity index (χ0) is 10.5. The summed E-state index contributed by atoms with van der Waals surface area (Å²) in [5.41, 5.74) is 0. The summed E-state index contributed by atoms with van der Waals surface area (Å²) in [6, 6.07) is 0. The number of Topliss-reactive ketones (excluding diaryl/α,β-unsaturated/α-hetero) is 1. The second-order valence-electron chi connectivity index (χ2n) is 4.65. The summed E-state index contributed by atoms with van der Waals surface area (Å²) in [6.45, 7) is 2.57. The molecule has 0 N–H and O–H groups in total. The van der Waals surface area contributed by atoms with Crippen LogP contribution in [0.5, 0.6) is 0 Å². The molecule has 0 radical (unpaired) electrons. The van der Waals surface area contributed by atoms with E-state index in [9.17, 15) is 4.79 Å². The maximum atomic E-state index is 11.2. The van der Waals surface area contributed by atoms with Crippen molar-refractivity contribution >= 4 is 5.78 Å². The molecule has 0 amide bonds. The maximum Gasteiger partial charge on any atom is 0.135 e. The van der Waals surface area contributed by atoms with Gasteiger partial charge in [-0.05, 0) is 31.6 Å². The molecule has 0 spiro atoms. The smallest absolute Gasteiger partial charge is 0.135 e. The first-order valence-electron chi connectivity index (χ1n) is 6.05. The molecule has 3 nitrogen and oxygen atoms in total. The van der Waals surface area contributed by atoms with Crippen molar-refractivity contribution in [2.75, 3.05) is 19.8 Å². The van der Waals surface area contributed by atoms with Crippen molar-refractivity contribution in [2.24, 2.45) is 5.92 Å². The van der Waals surface area contributed by atoms with Gasteiger partial charge in [-0.25, -0.2) is 0 Å². The lowest BCUT2D eigenvalue weighted by Crippen LogP contribution is -2.27. The fourth-order valence-electron chi connectivity index (χ4n) is 2.31. The molecule has 2 aliphatic rings. The fraction of sp³-hybridized carbons (Fsp3) is 0.917. The van der Waals surface area contributed by atoms with Crippen molar-refractivity contribution in [3.8, 4) is 0 Å². The highest BCUT2D eigenvalue weighted by molar-refractivity contribution is 5.79. The Labute approximate surface area is 91.1 Å². The van der Waals surface area contributed by atoms with E-state index in [0.29, 0.717) is 18.1 Å². The standard InChI is InChI=1S/C12H20O3/c13-11-2-1-3-12(8-11)15-9-10-4-6-14-7-5-10/h10,12H,1-9H2. The zero-order valence-corrected chi connectivity index (χ0v) is 9.24. The van der Waals surface area contributed by atoms with Crippen molar-refractivity contribution in [2.45, 2.75) is 44.6 Å². The Morgan fingerprint density at radius 2 is 2.07 bits per heavy atom. The van der Waals surface area contributed by atoms with Crippen LogP contribution in [0.3, 0.4) is 0 Å². The highest BCUT2D eigenvalue weighted by Gasteiger charge is 2.22. The van der Waals surface area contributed by atoms with Crippen molar-refractivity contribution in [3.05, 3.63) is 0 Å². The average Bonchev–Trinajstić information content (AvgIpc) is 2.28. The number of ketones is 1. The predicted molar refractivity (Wildman–Crippen MR) is 56.8 cm³/mol. The van der Waals surface area contributed by atoms with E-state index in [2.05, 4.69) is 0 Å². The molecule has 1 aliphatic heterocycles. The Kier molecular flexibility index (Phi) is 4.15. The molecule has 0 aromatic rings. The van der Waals surface area contributed by atoms with Crippen LogP contribution in [0.1, 0.15) is 38.5 Å². The second-order valence-corrected chi connectivity index (χ2v) is 4.65. The van der Waals surface area contributed by atoms with E-state index in [1.165, 1.54) is 0 Å². The number of hydrogen-bond acceptors (Lipinski definition) is 3. The minimum absolute atomic E-state index is 0.203. The van der Waals surface area contributed by atoms with Crippen molar-refractivity contribution in [1.82, 2.24) is 0 Å². The molecule has 86 valence electrons. The van der Waals surface area contributed by atoms with Crippen molar-refractivity contribution in [3.63, 3.8) is 0 Å². The highest BCUT2D eigenvalue weighted by Crippen LogP contribution is 2.21. The van der Waals surface area contributed by atoms with Gasteiger partial charge >= 0.3 is 0 Å². The van der Waals surface area contributed by atoms with E-state index in [4.69, 9.17) is 9.47 Å². The lowest BCUT2D eigenvalue weighted by atomic mass is 9.96. The predicted octanol–water partition coefficient (Wildman–Crippen LogP) is 1.94. The molecular weight excluding hydrogens is 192 g/mol. The number of carbonyl (C=O) groups excluding carboxylic acids is 1. The van der Waals surface area contributed by atoms with E-state index >= 15 is 0 Å². The van der Waals surface area contributed by atoms with E-state index < -0.39 is 0 Å². The summed E-state index contributed by atoms with van der Waals surface area (Å²) in [4.78, 5) is 11.2. The SMILES string of the molecule is O=C1CCCC(OCC2CCOCC2)C1. The molecule has 15 heavy (non-hydrogen) atoms. The fourth-order valence-corrected chi connectivity index (χ4v) is 2.31. The molecule has 0 aromatic heterocycles. The summed E-state index contributed by atoms with van der Waals surface area (Å²) < 4.78 is 11.1. The van der Waals surface area contributed by atoms with E-state index in [-0.39, 0.29) is 6.10 Å². The summed E-state index contributed by atoms with van der Waals surface area (Å²) >= 11 is 0. The average molecular weight is 212 g/mol. The zero-order valence-electron chi connectivity index (χ0n) is 9.24. The first kappa shape index (κ1) is 11.1. The highest BCUT2D eigenvalue weighted by atomic mass is 16.5. The minimum Gasteiger partial charge on any atom is -0.381 e. The van der Waals surface area contributed by atoms with Crippen molar-refractivity contribution < 1.29 is 14.3 Å². The van der Waals surface area contributed by atoms with Crippen LogP contribution in [0.4, 0.5) is 0 Å². The summed E-state index contributed by atoms with van der Waals surface area (Å²) in [7, 11) is 0. The maximum absolute atomic E-state index is 11.2. The molecule has 2 rings (SSSR count). The van der Waals surface area contributed by atoms with Crippen LogP contribution in [-0.2, 0) is 14.3 Å². The van der Waals surface area contributed by atoms with Gasteiger partial charge in [-0.15, -0.1) is 0 Å². The molecule has 0 aromatic carbocycles. The molecule has 0 bridgehead atoms. The molecule has 1 unspecified atom stereocenters. The van der Waals surface area contributed by atoms with E-state index in [1.54, 1.807) is 0 Å². The third-order valence-corrected chi connectivity index (χ3v) is 3.35. The molecular formula is C12H20O3. The quantitative estimate of drug-likeness (QED) is 0.717. The van der Waals surface area contributed by atoms with Gasteiger partial charge in [0.2, 0.25) is 0 Å².